The van der Waals surface area contributed by atoms with Gasteiger partial charge in [0.1, 0.15) is 23.7 Å². The molecule has 1 fully saturated rings. The second-order valence-electron chi connectivity index (χ2n) is 6.70. The Kier molecular flexibility index (Phi) is 8.48. The van der Waals surface area contributed by atoms with E-state index in [9.17, 15) is 5.26 Å². The van der Waals surface area contributed by atoms with Crippen molar-refractivity contribution in [3.05, 3.63) is 58.9 Å². The number of halogens is 1. The van der Waals surface area contributed by atoms with Crippen LogP contribution in [0, 0.1) is 11.3 Å². The summed E-state index contributed by atoms with van der Waals surface area (Å²) in [5, 5.41) is 9.80. The Bertz CT molecular complexity index is 863. The first kappa shape index (κ1) is 23.0. The maximum atomic E-state index is 9.37. The highest BCUT2D eigenvalue weighted by Gasteiger charge is 2.35. The highest BCUT2D eigenvalue weighted by Crippen LogP contribution is 2.34. The lowest BCUT2D eigenvalue weighted by atomic mass is 10.1. The van der Waals surface area contributed by atoms with Gasteiger partial charge in [0.15, 0.2) is 12.0 Å². The van der Waals surface area contributed by atoms with Gasteiger partial charge in [0.2, 0.25) is 0 Å². The largest absolute Gasteiger partial charge is 0.376 e. The van der Waals surface area contributed by atoms with E-state index in [1.165, 1.54) is 18.0 Å². The zero-order valence-electron chi connectivity index (χ0n) is 16.7. The summed E-state index contributed by atoms with van der Waals surface area (Å²) >= 11 is 7.37. The Hall–Kier alpha value is -1.70. The first-order valence-electron chi connectivity index (χ1n) is 9.48. The number of ether oxygens (including phenoxy) is 4. The molecule has 9 heteroatoms. The molecule has 1 aliphatic heterocycles. The first-order valence-corrected chi connectivity index (χ1v) is 10.7. The molecule has 1 aliphatic rings. The molecule has 1 saturated heterocycles. The number of thioether (sulfide) groups is 1. The Morgan fingerprint density at radius 2 is 2.17 bits per heavy atom. The van der Waals surface area contributed by atoms with Crippen molar-refractivity contribution in [3.8, 4) is 6.07 Å². The molecule has 1 aromatic carbocycles. The molecule has 0 spiro atoms. The minimum absolute atomic E-state index is 0.227. The van der Waals surface area contributed by atoms with Crippen LogP contribution in [-0.4, -0.2) is 49.0 Å². The first-order chi connectivity index (χ1) is 14.5. The summed E-state index contributed by atoms with van der Waals surface area (Å²) in [4.78, 5) is 4.67. The van der Waals surface area contributed by atoms with Gasteiger partial charge < -0.3 is 24.7 Å². The molecule has 3 unspecified atom stereocenters. The molecule has 30 heavy (non-hydrogen) atoms. The van der Waals surface area contributed by atoms with E-state index in [0.29, 0.717) is 16.5 Å². The summed E-state index contributed by atoms with van der Waals surface area (Å²) < 4.78 is 23.7. The number of benzene rings is 1. The molecule has 160 valence electrons. The summed E-state index contributed by atoms with van der Waals surface area (Å²) in [5.41, 5.74) is 6.59. The minimum atomic E-state index is -0.514. The molecule has 0 aliphatic carbocycles. The zero-order valence-corrected chi connectivity index (χ0v) is 18.3. The van der Waals surface area contributed by atoms with E-state index < -0.39 is 17.8 Å². The summed E-state index contributed by atoms with van der Waals surface area (Å²) in [6, 6.07) is 13.5. The molecule has 5 atom stereocenters. The smallest absolute Gasteiger partial charge is 0.184 e. The van der Waals surface area contributed by atoms with E-state index in [4.69, 9.17) is 36.3 Å². The summed E-state index contributed by atoms with van der Waals surface area (Å²) in [5.74, 6) is 0. The van der Waals surface area contributed by atoms with Crippen LogP contribution in [0.15, 0.2) is 47.5 Å². The summed E-state index contributed by atoms with van der Waals surface area (Å²) in [7, 11) is 1.57. The molecular formula is C21H24ClN3O4S. The SMILES string of the molecule is CO[C@@H](CN)C(OC1COC(c2ccccc2)O[C@@H]1C)Sc1cc(Cl)cnc1C#N. The standard InChI is InChI=1S/C21H24ClN3O4S/c1-13-18(12-27-20(28-13)14-6-4-3-5-7-14)29-21(17(10-24)26-2)30-19-8-15(22)11-25-16(19)9-23/h3-8,11,13,17-18,20-21H,10,12,24H2,1-2H3/t13-,17+,18?,20?,21?/m1/s1. The Labute approximate surface area is 185 Å². The lowest BCUT2D eigenvalue weighted by Crippen LogP contribution is -2.45. The fourth-order valence-corrected chi connectivity index (χ4v) is 4.43. The zero-order chi connectivity index (χ0) is 21.5. The molecule has 1 aromatic heterocycles. The molecule has 2 N–H and O–H groups in total. The maximum Gasteiger partial charge on any atom is 0.184 e. The van der Waals surface area contributed by atoms with E-state index in [0.717, 1.165) is 5.56 Å². The van der Waals surface area contributed by atoms with Crippen molar-refractivity contribution in [1.82, 2.24) is 4.98 Å². The van der Waals surface area contributed by atoms with E-state index in [1.54, 1.807) is 13.2 Å². The maximum absolute atomic E-state index is 9.37. The molecule has 0 amide bonds. The van der Waals surface area contributed by atoms with Crippen LogP contribution in [0.4, 0.5) is 0 Å². The number of hydrogen-bond donors (Lipinski definition) is 1. The molecule has 2 aromatic rings. The Morgan fingerprint density at radius 3 is 2.80 bits per heavy atom. The van der Waals surface area contributed by atoms with Gasteiger partial charge in [-0.3, -0.25) is 0 Å². The lowest BCUT2D eigenvalue weighted by molar-refractivity contribution is -0.266. The van der Waals surface area contributed by atoms with Gasteiger partial charge in [0, 0.05) is 30.3 Å². The lowest BCUT2D eigenvalue weighted by Gasteiger charge is -2.37. The number of aromatic nitrogens is 1. The molecular weight excluding hydrogens is 426 g/mol. The monoisotopic (exact) mass is 449 g/mol. The van der Waals surface area contributed by atoms with Crippen molar-refractivity contribution >= 4 is 23.4 Å². The van der Waals surface area contributed by atoms with Gasteiger partial charge in [-0.05, 0) is 13.0 Å². The number of nitrogens with two attached hydrogens (primary N) is 1. The number of pyridine rings is 1. The summed E-state index contributed by atoms with van der Waals surface area (Å²) in [6.07, 6.45) is 0.00661. The fourth-order valence-electron chi connectivity index (χ4n) is 2.98. The van der Waals surface area contributed by atoms with Gasteiger partial charge in [-0.15, -0.1) is 0 Å². The van der Waals surface area contributed by atoms with Crippen molar-refractivity contribution < 1.29 is 18.9 Å². The molecule has 0 saturated carbocycles. The van der Waals surface area contributed by atoms with Crippen molar-refractivity contribution in [3.63, 3.8) is 0 Å². The average Bonchev–Trinajstić information content (AvgIpc) is 2.76. The van der Waals surface area contributed by atoms with Crippen molar-refractivity contribution in [2.75, 3.05) is 20.3 Å². The summed E-state index contributed by atoms with van der Waals surface area (Å²) in [6.45, 7) is 2.52. The van der Waals surface area contributed by atoms with Crippen molar-refractivity contribution in [2.45, 2.75) is 41.9 Å². The van der Waals surface area contributed by atoms with Crippen molar-refractivity contribution in [2.24, 2.45) is 5.73 Å². The number of rotatable bonds is 8. The number of nitrogens with zero attached hydrogens (tertiary/aromatic N) is 2. The molecule has 7 nitrogen and oxygen atoms in total. The average molecular weight is 450 g/mol. The van der Waals surface area contributed by atoms with E-state index in [-0.39, 0.29) is 24.4 Å². The van der Waals surface area contributed by atoms with E-state index in [2.05, 4.69) is 11.1 Å². The van der Waals surface area contributed by atoms with Crippen LogP contribution in [0.2, 0.25) is 5.02 Å². The molecule has 2 heterocycles. The van der Waals surface area contributed by atoms with Crippen LogP contribution in [0.3, 0.4) is 0 Å². The number of hydrogen-bond acceptors (Lipinski definition) is 8. The van der Waals surface area contributed by atoms with E-state index in [1.807, 2.05) is 37.3 Å². The van der Waals surface area contributed by atoms with Gasteiger partial charge in [-0.2, -0.15) is 5.26 Å². The second kappa shape index (κ2) is 11.1. The number of nitriles is 1. The van der Waals surface area contributed by atoms with Gasteiger partial charge in [-0.25, -0.2) is 4.98 Å². The van der Waals surface area contributed by atoms with Crippen LogP contribution >= 0.6 is 23.4 Å². The number of methoxy groups -OCH3 is 1. The van der Waals surface area contributed by atoms with Crippen LogP contribution in [-0.2, 0) is 18.9 Å². The van der Waals surface area contributed by atoms with Gasteiger partial charge >= 0.3 is 0 Å². The van der Waals surface area contributed by atoms with Crippen LogP contribution in [0.1, 0.15) is 24.5 Å². The highest BCUT2D eigenvalue weighted by atomic mass is 35.5. The fraction of sp³-hybridized carbons (Fsp3) is 0.429. The topological polar surface area (TPSA) is 99.6 Å². The van der Waals surface area contributed by atoms with Gasteiger partial charge in [-0.1, -0.05) is 53.7 Å². The Balaban J connectivity index is 1.73. The van der Waals surface area contributed by atoms with Gasteiger partial charge in [0.05, 0.1) is 17.7 Å². The quantitative estimate of drug-likeness (QED) is 0.482. The molecule has 3 rings (SSSR count). The normalized spacial score (nSPS) is 23.5. The Morgan fingerprint density at radius 1 is 1.40 bits per heavy atom. The third kappa shape index (κ3) is 5.71. The van der Waals surface area contributed by atoms with Crippen molar-refractivity contribution in [1.29, 1.82) is 5.26 Å². The molecule has 0 radical (unpaired) electrons. The van der Waals surface area contributed by atoms with Gasteiger partial charge in [0.25, 0.3) is 0 Å². The second-order valence-corrected chi connectivity index (χ2v) is 8.28. The highest BCUT2D eigenvalue weighted by molar-refractivity contribution is 7.99. The minimum Gasteiger partial charge on any atom is -0.376 e. The van der Waals surface area contributed by atoms with Crippen LogP contribution in [0.5, 0.6) is 0 Å². The molecule has 0 bridgehead atoms. The van der Waals surface area contributed by atoms with Crippen LogP contribution in [0.25, 0.3) is 0 Å². The predicted octanol–water partition coefficient (Wildman–Crippen LogP) is 3.52. The predicted molar refractivity (Wildman–Crippen MR) is 114 cm³/mol. The van der Waals surface area contributed by atoms with Crippen LogP contribution < -0.4 is 5.73 Å². The van der Waals surface area contributed by atoms with E-state index >= 15 is 0 Å². The third-order valence-electron chi connectivity index (χ3n) is 4.66. The third-order valence-corrected chi connectivity index (χ3v) is 6.08.